The molecule has 33 heavy (non-hydrogen) atoms. The number of hydrogen-bond donors (Lipinski definition) is 2. The van der Waals surface area contributed by atoms with Crippen molar-refractivity contribution in [1.29, 1.82) is 0 Å². The zero-order valence-electron chi connectivity index (χ0n) is 18.0. The van der Waals surface area contributed by atoms with Crippen LogP contribution in [0.4, 0.5) is 5.82 Å². The summed E-state index contributed by atoms with van der Waals surface area (Å²) in [6.07, 6.45) is 3.43. The smallest absolute Gasteiger partial charge is 0.314 e. The molecule has 2 aliphatic heterocycles. The van der Waals surface area contributed by atoms with Crippen molar-refractivity contribution in [3.05, 3.63) is 35.5 Å². The van der Waals surface area contributed by atoms with Crippen molar-refractivity contribution in [1.82, 2.24) is 15.1 Å². The fraction of sp³-hybridized carbons (Fsp3) is 0.364. The van der Waals surface area contributed by atoms with E-state index in [1.807, 2.05) is 0 Å². The molecule has 3 aliphatic rings. The van der Waals surface area contributed by atoms with Gasteiger partial charge >= 0.3 is 11.8 Å². The number of nitrogens with one attached hydrogen (secondary N) is 2. The van der Waals surface area contributed by atoms with E-state index in [-0.39, 0.29) is 36.9 Å². The van der Waals surface area contributed by atoms with Gasteiger partial charge < -0.3 is 20.1 Å². The number of fused-ring (bicyclic) bond motifs is 2. The van der Waals surface area contributed by atoms with Gasteiger partial charge in [-0.1, -0.05) is 12.5 Å². The van der Waals surface area contributed by atoms with Crippen LogP contribution in [0.1, 0.15) is 36.9 Å². The topological polar surface area (TPSA) is 136 Å². The maximum absolute atomic E-state index is 12.5. The number of hydrogen-bond acceptors (Lipinski definition) is 7. The van der Waals surface area contributed by atoms with Crippen molar-refractivity contribution in [2.24, 2.45) is 15.9 Å². The van der Waals surface area contributed by atoms with Gasteiger partial charge in [0.25, 0.3) is 11.9 Å². The molecule has 1 atom stereocenters. The van der Waals surface area contributed by atoms with Crippen LogP contribution in [0.3, 0.4) is 0 Å². The Labute approximate surface area is 188 Å². The SMILES string of the molecule is Cc1cc(NC(=O)C(=O)NCc2ccc3c(c2)OCO3)n(C2=NC(=O)C3CCCCC3=N2)n1. The molecule has 1 unspecified atom stereocenters. The minimum Gasteiger partial charge on any atom is -0.454 e. The van der Waals surface area contributed by atoms with E-state index in [2.05, 4.69) is 25.7 Å². The van der Waals surface area contributed by atoms with E-state index in [9.17, 15) is 14.4 Å². The fourth-order valence-electron chi connectivity index (χ4n) is 4.05. The largest absolute Gasteiger partial charge is 0.454 e. The second kappa shape index (κ2) is 8.49. The fourth-order valence-corrected chi connectivity index (χ4v) is 4.05. The number of carbonyl (C=O) groups is 3. The summed E-state index contributed by atoms with van der Waals surface area (Å²) in [7, 11) is 0. The van der Waals surface area contributed by atoms with Gasteiger partial charge in [-0.15, -0.1) is 0 Å². The number of ether oxygens (including phenoxy) is 2. The highest BCUT2D eigenvalue weighted by Gasteiger charge is 2.32. The predicted molar refractivity (Wildman–Crippen MR) is 117 cm³/mol. The summed E-state index contributed by atoms with van der Waals surface area (Å²) in [5.74, 6) is -0.672. The molecule has 1 fully saturated rings. The zero-order chi connectivity index (χ0) is 22.9. The molecule has 170 valence electrons. The molecule has 0 radical (unpaired) electrons. The molecule has 0 bridgehead atoms. The molecule has 1 aromatic carbocycles. The highest BCUT2D eigenvalue weighted by molar-refractivity contribution is 6.39. The lowest BCUT2D eigenvalue weighted by Gasteiger charge is -2.24. The van der Waals surface area contributed by atoms with E-state index in [4.69, 9.17) is 9.47 Å². The van der Waals surface area contributed by atoms with Crippen LogP contribution in [0.25, 0.3) is 0 Å². The Hall–Kier alpha value is -4.02. The Bertz CT molecular complexity index is 1210. The zero-order valence-corrected chi connectivity index (χ0v) is 18.0. The van der Waals surface area contributed by atoms with Crippen molar-refractivity contribution in [3.63, 3.8) is 0 Å². The van der Waals surface area contributed by atoms with Crippen molar-refractivity contribution >= 4 is 35.2 Å². The first kappa shape index (κ1) is 20.9. The van der Waals surface area contributed by atoms with Crippen molar-refractivity contribution in [2.75, 3.05) is 12.1 Å². The Morgan fingerprint density at radius 3 is 2.85 bits per heavy atom. The van der Waals surface area contributed by atoms with E-state index in [0.717, 1.165) is 37.0 Å². The standard InChI is InChI=1S/C22H22N6O5/c1-12-8-18(28(27-12)22-24-15-5-3-2-4-14(15)19(29)26-22)25-21(31)20(30)23-10-13-6-7-16-17(9-13)33-11-32-16/h6-9,14H,2-5,10-11H2,1H3,(H,23,30)(H,25,31). The first-order chi connectivity index (χ1) is 16.0. The third-order valence-electron chi connectivity index (χ3n) is 5.69. The van der Waals surface area contributed by atoms with E-state index in [0.29, 0.717) is 17.2 Å². The van der Waals surface area contributed by atoms with Gasteiger partial charge in [0.1, 0.15) is 5.82 Å². The average Bonchev–Trinajstić information content (AvgIpc) is 3.43. The minimum atomic E-state index is -0.872. The van der Waals surface area contributed by atoms with Crippen LogP contribution in [0.2, 0.25) is 0 Å². The molecular weight excluding hydrogens is 428 g/mol. The van der Waals surface area contributed by atoms with E-state index in [1.54, 1.807) is 31.2 Å². The normalized spacial score (nSPS) is 18.8. The Morgan fingerprint density at radius 1 is 1.12 bits per heavy atom. The molecule has 2 N–H and O–H groups in total. The van der Waals surface area contributed by atoms with Crippen LogP contribution < -0.4 is 20.1 Å². The van der Waals surface area contributed by atoms with Gasteiger partial charge in [-0.05, 0) is 43.9 Å². The molecular formula is C22H22N6O5. The number of carbonyl (C=O) groups excluding carboxylic acids is 3. The van der Waals surface area contributed by atoms with Crippen LogP contribution in [-0.4, -0.2) is 46.0 Å². The molecule has 3 amide bonds. The number of anilines is 1. The van der Waals surface area contributed by atoms with E-state index in [1.165, 1.54) is 4.68 Å². The summed E-state index contributed by atoms with van der Waals surface area (Å²) in [6.45, 7) is 2.02. The monoisotopic (exact) mass is 450 g/mol. The Balaban J connectivity index is 1.27. The lowest BCUT2D eigenvalue weighted by molar-refractivity contribution is -0.136. The van der Waals surface area contributed by atoms with E-state index >= 15 is 0 Å². The second-order valence-corrected chi connectivity index (χ2v) is 8.06. The average molecular weight is 450 g/mol. The third-order valence-corrected chi connectivity index (χ3v) is 5.69. The lowest BCUT2D eigenvalue weighted by atomic mass is 9.86. The second-order valence-electron chi connectivity index (χ2n) is 8.06. The third kappa shape index (κ3) is 4.21. The molecule has 0 spiro atoms. The molecule has 3 heterocycles. The number of aryl methyl sites for hydroxylation is 1. The maximum atomic E-state index is 12.5. The Kier molecular flexibility index (Phi) is 5.37. The molecule has 11 heteroatoms. The summed E-state index contributed by atoms with van der Waals surface area (Å²) in [4.78, 5) is 46.0. The van der Waals surface area contributed by atoms with Gasteiger partial charge in [0.2, 0.25) is 6.79 Å². The molecule has 2 aromatic rings. The van der Waals surface area contributed by atoms with Crippen LogP contribution in [-0.2, 0) is 20.9 Å². The van der Waals surface area contributed by atoms with Crippen molar-refractivity contribution in [3.8, 4) is 11.5 Å². The van der Waals surface area contributed by atoms with Crippen molar-refractivity contribution in [2.45, 2.75) is 39.2 Å². The molecule has 1 aliphatic carbocycles. The minimum absolute atomic E-state index is 0.0947. The van der Waals surface area contributed by atoms with Gasteiger partial charge in [0.05, 0.1) is 11.6 Å². The highest BCUT2D eigenvalue weighted by Crippen LogP contribution is 2.32. The van der Waals surface area contributed by atoms with Crippen LogP contribution in [0, 0.1) is 12.8 Å². The maximum Gasteiger partial charge on any atom is 0.314 e. The van der Waals surface area contributed by atoms with Gasteiger partial charge in [-0.25, -0.2) is 4.99 Å². The first-order valence-corrected chi connectivity index (χ1v) is 10.7. The molecule has 0 saturated heterocycles. The molecule has 11 nitrogen and oxygen atoms in total. The summed E-state index contributed by atoms with van der Waals surface area (Å²) >= 11 is 0. The van der Waals surface area contributed by atoms with Crippen molar-refractivity contribution < 1.29 is 23.9 Å². The number of aliphatic imine (C=N–C) groups is 2. The summed E-state index contributed by atoms with van der Waals surface area (Å²) in [6, 6.07) is 6.86. The van der Waals surface area contributed by atoms with E-state index < -0.39 is 11.8 Å². The Morgan fingerprint density at radius 2 is 1.97 bits per heavy atom. The number of aromatic nitrogens is 2. The molecule has 1 saturated carbocycles. The van der Waals surface area contributed by atoms with Crippen LogP contribution in [0.5, 0.6) is 11.5 Å². The number of nitrogens with zero attached hydrogens (tertiary/aromatic N) is 4. The molecule has 1 aromatic heterocycles. The highest BCUT2D eigenvalue weighted by atomic mass is 16.7. The summed E-state index contributed by atoms with van der Waals surface area (Å²) in [5, 5.41) is 9.41. The predicted octanol–water partition coefficient (Wildman–Crippen LogP) is 1.55. The van der Waals surface area contributed by atoms with Crippen LogP contribution >= 0.6 is 0 Å². The first-order valence-electron chi connectivity index (χ1n) is 10.7. The number of benzene rings is 1. The number of rotatable bonds is 3. The van der Waals surface area contributed by atoms with Gasteiger partial charge in [-0.3, -0.25) is 14.4 Å². The summed E-state index contributed by atoms with van der Waals surface area (Å²) in [5.41, 5.74) is 2.13. The van der Waals surface area contributed by atoms with Gasteiger partial charge in [0, 0.05) is 18.3 Å². The van der Waals surface area contributed by atoms with Gasteiger partial charge in [0.15, 0.2) is 11.5 Å². The molecule has 5 rings (SSSR count). The van der Waals surface area contributed by atoms with Crippen LogP contribution in [0.15, 0.2) is 34.3 Å². The lowest BCUT2D eigenvalue weighted by Crippen LogP contribution is -2.37. The quantitative estimate of drug-likeness (QED) is 0.681. The number of amides is 3. The summed E-state index contributed by atoms with van der Waals surface area (Å²) < 4.78 is 11.9. The van der Waals surface area contributed by atoms with Gasteiger partial charge in [-0.2, -0.15) is 14.8 Å².